The third kappa shape index (κ3) is 3.38. The molecule has 0 aromatic heterocycles. The number of hydrogen-bond donors (Lipinski definition) is 2. The molecule has 0 spiro atoms. The molecule has 1 aliphatic heterocycles. The van der Waals surface area contributed by atoms with Gasteiger partial charge in [0.05, 0.1) is 6.04 Å². The van der Waals surface area contributed by atoms with Gasteiger partial charge in [-0.15, -0.1) is 0 Å². The Morgan fingerprint density at radius 2 is 1.90 bits per heavy atom. The second kappa shape index (κ2) is 6.89. The Morgan fingerprint density at radius 1 is 1.14 bits per heavy atom. The summed E-state index contributed by atoms with van der Waals surface area (Å²) in [4.78, 5) is 12.4. The lowest BCUT2D eigenvalue weighted by Crippen LogP contribution is -2.59. The van der Waals surface area contributed by atoms with E-state index in [9.17, 15) is 26.7 Å². The molecular weight excluding hydrogens is 395 g/mol. The molecule has 2 unspecified atom stereocenters. The van der Waals surface area contributed by atoms with Gasteiger partial charge in [-0.1, -0.05) is 24.3 Å². The van der Waals surface area contributed by atoms with Crippen LogP contribution in [0.25, 0.3) is 0 Å². The van der Waals surface area contributed by atoms with Gasteiger partial charge in [0.25, 0.3) is 0 Å². The molecule has 0 saturated carbocycles. The highest BCUT2D eigenvalue weighted by atomic mass is 19.4. The Labute approximate surface area is 163 Å². The summed E-state index contributed by atoms with van der Waals surface area (Å²) in [7, 11) is 0. The molecule has 2 amide bonds. The Morgan fingerprint density at radius 3 is 2.66 bits per heavy atom. The number of fused-ring (bicyclic) bond motifs is 2. The topological polar surface area (TPSA) is 50.4 Å². The molecule has 154 valence electrons. The van der Waals surface area contributed by atoms with Crippen molar-refractivity contribution in [3.8, 4) is 5.75 Å². The van der Waals surface area contributed by atoms with Gasteiger partial charge < -0.3 is 15.4 Å². The molecule has 0 bridgehead atoms. The van der Waals surface area contributed by atoms with Crippen molar-refractivity contribution >= 4 is 6.03 Å². The number of amides is 2. The maximum atomic E-state index is 14.0. The number of carbonyl (C=O) groups excluding carboxylic acids is 1. The minimum atomic E-state index is -4.70. The van der Waals surface area contributed by atoms with Crippen LogP contribution >= 0.6 is 0 Å². The summed E-state index contributed by atoms with van der Waals surface area (Å²) in [6.07, 6.45) is -4.77. The van der Waals surface area contributed by atoms with E-state index in [-0.39, 0.29) is 42.7 Å². The van der Waals surface area contributed by atoms with Gasteiger partial charge in [-0.2, -0.15) is 13.2 Å². The van der Waals surface area contributed by atoms with Gasteiger partial charge >= 0.3 is 12.2 Å². The second-order valence-electron chi connectivity index (χ2n) is 7.25. The number of aryl methyl sites for hydroxylation is 1. The van der Waals surface area contributed by atoms with E-state index in [0.29, 0.717) is 11.6 Å². The highest BCUT2D eigenvalue weighted by molar-refractivity contribution is 5.76. The molecule has 2 aromatic carbocycles. The zero-order valence-electron chi connectivity index (χ0n) is 15.1. The molecule has 2 N–H and O–H groups in total. The van der Waals surface area contributed by atoms with E-state index < -0.39 is 35.4 Å². The van der Waals surface area contributed by atoms with Crippen molar-refractivity contribution in [1.82, 2.24) is 10.6 Å². The van der Waals surface area contributed by atoms with Gasteiger partial charge in [-0.3, -0.25) is 0 Å². The molecular formula is C20H17F5N2O2. The van der Waals surface area contributed by atoms with Gasteiger partial charge in [0, 0.05) is 11.6 Å². The number of hydrogen-bond acceptors (Lipinski definition) is 2. The fourth-order valence-electron chi connectivity index (χ4n) is 4.05. The minimum absolute atomic E-state index is 0.0250. The first kappa shape index (κ1) is 19.5. The summed E-state index contributed by atoms with van der Waals surface area (Å²) in [5.41, 5.74) is -1.72. The number of nitrogens with one attached hydrogen (secondary N) is 2. The quantitative estimate of drug-likeness (QED) is 0.734. The number of benzene rings is 2. The van der Waals surface area contributed by atoms with Crippen molar-refractivity contribution in [1.29, 1.82) is 0 Å². The van der Waals surface area contributed by atoms with E-state index in [0.717, 1.165) is 6.07 Å². The predicted octanol–water partition coefficient (Wildman–Crippen LogP) is 3.97. The van der Waals surface area contributed by atoms with Gasteiger partial charge in [0.1, 0.15) is 12.4 Å². The average molecular weight is 412 g/mol. The Balaban J connectivity index is 1.52. The third-order valence-electron chi connectivity index (χ3n) is 5.37. The van der Waals surface area contributed by atoms with Crippen LogP contribution in [0.15, 0.2) is 36.4 Å². The van der Waals surface area contributed by atoms with E-state index in [4.69, 9.17) is 4.74 Å². The molecule has 29 heavy (non-hydrogen) atoms. The molecule has 0 fully saturated rings. The van der Waals surface area contributed by atoms with Crippen LogP contribution in [0.2, 0.25) is 0 Å². The second-order valence-corrected chi connectivity index (χ2v) is 7.25. The largest absolute Gasteiger partial charge is 0.488 e. The lowest BCUT2D eigenvalue weighted by atomic mass is 9.91. The molecule has 1 aliphatic carbocycles. The molecule has 0 radical (unpaired) electrons. The zero-order valence-corrected chi connectivity index (χ0v) is 15.1. The standard InChI is InChI=1S/C20H17F5N2O2/c21-13-7-12-8-14(10-29-17(12)16(22)9-13)26-18(28)27-19(20(23,24)25)6-5-11-3-1-2-4-15(11)19/h1-4,7,9,14H,5-6,8,10H2,(H2,26,27,28). The van der Waals surface area contributed by atoms with Crippen LogP contribution in [0.4, 0.5) is 26.7 Å². The first-order chi connectivity index (χ1) is 13.7. The fraction of sp³-hybridized carbons (Fsp3) is 0.350. The summed E-state index contributed by atoms with van der Waals surface area (Å²) >= 11 is 0. The van der Waals surface area contributed by atoms with Gasteiger partial charge in [0.15, 0.2) is 17.1 Å². The summed E-state index contributed by atoms with van der Waals surface area (Å²) in [6.45, 7) is -0.140. The lowest BCUT2D eigenvalue weighted by molar-refractivity contribution is -0.196. The number of alkyl halides is 3. The normalized spacial score (nSPS) is 23.0. The fourth-order valence-corrected chi connectivity index (χ4v) is 4.05. The first-order valence-corrected chi connectivity index (χ1v) is 9.04. The van der Waals surface area contributed by atoms with Crippen LogP contribution in [0.5, 0.6) is 5.75 Å². The Kier molecular flexibility index (Phi) is 4.63. The molecule has 0 saturated heterocycles. The van der Waals surface area contributed by atoms with Crippen LogP contribution in [0, 0.1) is 11.6 Å². The number of carbonyl (C=O) groups is 1. The van der Waals surface area contributed by atoms with E-state index in [1.54, 1.807) is 12.1 Å². The molecule has 9 heteroatoms. The Hall–Kier alpha value is -2.84. The molecule has 2 aliphatic rings. The van der Waals surface area contributed by atoms with Crippen molar-refractivity contribution in [3.63, 3.8) is 0 Å². The van der Waals surface area contributed by atoms with Gasteiger partial charge in [-0.05, 0) is 36.5 Å². The smallest absolute Gasteiger partial charge is 0.415 e. The number of halogens is 5. The SMILES string of the molecule is O=C(NC1COc2c(F)cc(F)cc2C1)NC1(C(F)(F)F)CCc2ccccc21. The van der Waals surface area contributed by atoms with Gasteiger partial charge in [-0.25, -0.2) is 13.6 Å². The van der Waals surface area contributed by atoms with Crippen molar-refractivity contribution < 1.29 is 31.5 Å². The first-order valence-electron chi connectivity index (χ1n) is 9.04. The van der Waals surface area contributed by atoms with Crippen molar-refractivity contribution in [2.45, 2.75) is 37.0 Å². The van der Waals surface area contributed by atoms with E-state index in [1.807, 2.05) is 0 Å². The Bertz CT molecular complexity index is 962. The summed E-state index contributed by atoms with van der Waals surface area (Å²) < 4.78 is 74.3. The molecule has 2 atom stereocenters. The summed E-state index contributed by atoms with van der Waals surface area (Å²) in [5, 5.41) is 4.54. The van der Waals surface area contributed by atoms with E-state index in [1.165, 1.54) is 12.1 Å². The van der Waals surface area contributed by atoms with Gasteiger partial charge in [0.2, 0.25) is 0 Å². The highest BCUT2D eigenvalue weighted by Gasteiger charge is 2.59. The van der Waals surface area contributed by atoms with Crippen LogP contribution < -0.4 is 15.4 Å². The van der Waals surface area contributed by atoms with Crippen molar-refractivity contribution in [2.75, 3.05) is 6.61 Å². The lowest BCUT2D eigenvalue weighted by Gasteiger charge is -2.35. The third-order valence-corrected chi connectivity index (χ3v) is 5.37. The van der Waals surface area contributed by atoms with Crippen LogP contribution in [0.1, 0.15) is 23.1 Å². The van der Waals surface area contributed by atoms with E-state index in [2.05, 4.69) is 10.6 Å². The minimum Gasteiger partial charge on any atom is -0.488 e. The number of urea groups is 1. The maximum Gasteiger partial charge on any atom is 0.415 e. The predicted molar refractivity (Wildman–Crippen MR) is 93.5 cm³/mol. The monoisotopic (exact) mass is 412 g/mol. The van der Waals surface area contributed by atoms with Crippen LogP contribution in [-0.4, -0.2) is 24.9 Å². The van der Waals surface area contributed by atoms with Crippen molar-refractivity contribution in [2.24, 2.45) is 0 Å². The van der Waals surface area contributed by atoms with Crippen molar-refractivity contribution in [3.05, 3.63) is 64.7 Å². The molecule has 4 nitrogen and oxygen atoms in total. The molecule has 2 aromatic rings. The average Bonchev–Trinajstić information content (AvgIpc) is 3.01. The highest BCUT2D eigenvalue weighted by Crippen LogP contribution is 2.48. The molecule has 1 heterocycles. The number of rotatable bonds is 2. The van der Waals surface area contributed by atoms with Crippen LogP contribution in [-0.2, 0) is 18.4 Å². The van der Waals surface area contributed by atoms with E-state index >= 15 is 0 Å². The zero-order chi connectivity index (χ0) is 20.8. The number of ether oxygens (including phenoxy) is 1. The molecule has 4 rings (SSSR count). The summed E-state index contributed by atoms with van der Waals surface area (Å²) in [6, 6.07) is 6.13. The summed E-state index contributed by atoms with van der Waals surface area (Å²) in [5.74, 6) is -1.77. The maximum absolute atomic E-state index is 14.0. The van der Waals surface area contributed by atoms with Crippen LogP contribution in [0.3, 0.4) is 0 Å².